The number of benzene rings is 2. The third-order valence-electron chi connectivity index (χ3n) is 2.46. The number of aromatic nitrogens is 6. The van der Waals surface area contributed by atoms with E-state index >= 15 is 0 Å². The molecule has 2 aromatic carbocycles. The van der Waals surface area contributed by atoms with Gasteiger partial charge in [-0.3, -0.25) is 10.2 Å². The maximum Gasteiger partial charge on any atom is 0.112 e. The fourth-order valence-electron chi connectivity index (χ4n) is 1.58. The Morgan fingerprint density at radius 2 is 0.920 bits per heavy atom. The largest absolute Gasteiger partial charge is 0.258 e. The summed E-state index contributed by atoms with van der Waals surface area (Å²) < 4.78 is 59.6. The van der Waals surface area contributed by atoms with E-state index in [0.717, 1.165) is 22.1 Å². The van der Waals surface area contributed by atoms with Gasteiger partial charge in [0.1, 0.15) is 11.0 Å². The van der Waals surface area contributed by atoms with Crippen LogP contribution in [0, 0.1) is 0 Å². The molecule has 0 fully saturated rings. The molecule has 0 aliphatic rings. The smallest absolute Gasteiger partial charge is 0.112 e. The fourth-order valence-corrected chi connectivity index (χ4v) is 1.58. The number of halogens is 6. The van der Waals surface area contributed by atoms with Gasteiger partial charge in [-0.1, -0.05) is 34.7 Å². The molecule has 0 unspecified atom stereocenters. The zero-order chi connectivity index (χ0) is 18.6. The van der Waals surface area contributed by atoms with Gasteiger partial charge in [-0.15, -0.1) is 10.2 Å². The van der Waals surface area contributed by atoms with Crippen molar-refractivity contribution in [2.45, 2.75) is 0 Å². The molecular formula is C12H10F6N6Zr. The number of rotatable bonds is 0. The van der Waals surface area contributed by atoms with Gasteiger partial charge in [-0.25, -0.2) is 0 Å². The number of hydrogen-bond donors (Lipinski definition) is 2. The molecule has 2 heterocycles. The molecule has 0 bridgehead atoms. The van der Waals surface area contributed by atoms with Gasteiger partial charge in [0.2, 0.25) is 0 Å². The third-order valence-corrected chi connectivity index (χ3v) is 2.46. The van der Waals surface area contributed by atoms with Crippen LogP contribution in [0.25, 0.3) is 22.1 Å². The number of nitrogens with one attached hydrogen (secondary N) is 2. The van der Waals surface area contributed by atoms with Gasteiger partial charge in [-0.05, 0) is 24.3 Å². The van der Waals surface area contributed by atoms with Gasteiger partial charge >= 0.3 is 36.7 Å². The number of H-pyrrole nitrogens is 2. The number of nitrogens with zero attached hydrogens (tertiary/aromatic N) is 4. The van der Waals surface area contributed by atoms with E-state index in [0.29, 0.717) is 0 Å². The standard InChI is InChI=1S/2C6H5N3.6FH.Zr/c2*1-2-4-6-5(3-1)7-9-8-6;;;;;;;/h2*1-4H,(H,7,8,9);6*1H;/q;;;;;;;;+6/p-6. The van der Waals surface area contributed by atoms with Crippen molar-refractivity contribution in [2.24, 2.45) is 0 Å². The van der Waals surface area contributed by atoms with Crippen molar-refractivity contribution < 1.29 is 36.7 Å². The minimum Gasteiger partial charge on any atom is -0.258 e. The summed E-state index contributed by atoms with van der Waals surface area (Å²) >= 11 is -11.3. The van der Waals surface area contributed by atoms with E-state index in [4.69, 9.17) is 0 Å². The summed E-state index contributed by atoms with van der Waals surface area (Å²) in [7, 11) is 0. The van der Waals surface area contributed by atoms with E-state index in [1.807, 2.05) is 48.5 Å². The number of para-hydroxylation sites is 2. The molecule has 0 saturated carbocycles. The van der Waals surface area contributed by atoms with Gasteiger partial charge in [0.15, 0.2) is 0 Å². The Bertz CT molecular complexity index is 827. The predicted molar refractivity (Wildman–Crippen MR) is 74.4 cm³/mol. The van der Waals surface area contributed by atoms with Gasteiger partial charge in [0.25, 0.3) is 0 Å². The van der Waals surface area contributed by atoms with Crippen LogP contribution in [0.1, 0.15) is 0 Å². The number of hydrogen-bond acceptors (Lipinski definition) is 4. The second-order valence-electron chi connectivity index (χ2n) is 4.73. The first-order chi connectivity index (χ1) is 11.4. The Kier molecular flexibility index (Phi) is 4.73. The summed E-state index contributed by atoms with van der Waals surface area (Å²) in [5.74, 6) is 0. The van der Waals surface area contributed by atoms with Crippen molar-refractivity contribution in [1.29, 1.82) is 0 Å². The van der Waals surface area contributed by atoms with E-state index in [2.05, 4.69) is 30.8 Å². The molecule has 0 aliphatic carbocycles. The van der Waals surface area contributed by atoms with Crippen molar-refractivity contribution in [3.8, 4) is 0 Å². The molecule has 0 aliphatic heterocycles. The molecule has 0 amide bonds. The number of aromatic amines is 2. The number of fused-ring (bicyclic) bond motifs is 2. The van der Waals surface area contributed by atoms with Gasteiger partial charge in [-0.2, -0.15) is 0 Å². The first-order valence-electron chi connectivity index (χ1n) is 6.58. The fraction of sp³-hybridized carbons (Fsp3) is 0. The van der Waals surface area contributed by atoms with Crippen LogP contribution in [0.4, 0.5) is 15.8 Å². The SMILES string of the molecule is [F][Zr]([F])([F])([F])([F])[F].c1ccc2[nH]nnc2c1.c1ccc2[nH]nnc2c1. The molecule has 2 N–H and O–H groups in total. The normalized spacial score (nSPS) is 13.8. The van der Waals surface area contributed by atoms with Gasteiger partial charge < -0.3 is 0 Å². The second kappa shape index (κ2) is 6.21. The van der Waals surface area contributed by atoms with Crippen molar-refractivity contribution in [2.75, 3.05) is 0 Å². The molecule has 4 rings (SSSR count). The van der Waals surface area contributed by atoms with Crippen LogP contribution in [-0.2, 0) is 21.0 Å². The zero-order valence-electron chi connectivity index (χ0n) is 12.2. The molecule has 13 heteroatoms. The van der Waals surface area contributed by atoms with Crippen LogP contribution >= 0.6 is 0 Å². The van der Waals surface area contributed by atoms with Crippen molar-refractivity contribution in [1.82, 2.24) is 30.8 Å². The molecule has 134 valence electrons. The molecule has 6 nitrogen and oxygen atoms in total. The van der Waals surface area contributed by atoms with Gasteiger partial charge in [0.05, 0.1) is 11.0 Å². The molecule has 0 radical (unpaired) electrons. The minimum absolute atomic E-state index is 0.914. The summed E-state index contributed by atoms with van der Waals surface area (Å²) in [4.78, 5) is 0. The van der Waals surface area contributed by atoms with Crippen molar-refractivity contribution in [3.63, 3.8) is 0 Å². The average molecular weight is 443 g/mol. The second-order valence-corrected chi connectivity index (χ2v) is 10.00. The summed E-state index contributed by atoms with van der Waals surface area (Å²) in [6.45, 7) is 0. The molecule has 25 heavy (non-hydrogen) atoms. The zero-order valence-corrected chi connectivity index (χ0v) is 14.6. The summed E-state index contributed by atoms with van der Waals surface area (Å²) in [6.07, 6.45) is 0. The maximum absolute atomic E-state index is 11.3. The van der Waals surface area contributed by atoms with Crippen molar-refractivity contribution >= 4 is 22.1 Å². The first-order valence-corrected chi connectivity index (χ1v) is 12.2. The Morgan fingerprint density at radius 3 is 1.24 bits per heavy atom. The van der Waals surface area contributed by atoms with Crippen LogP contribution in [0.15, 0.2) is 48.5 Å². The quantitative estimate of drug-likeness (QED) is 0.394. The van der Waals surface area contributed by atoms with Gasteiger partial charge in [0, 0.05) is 0 Å². The van der Waals surface area contributed by atoms with Crippen LogP contribution in [0.5, 0.6) is 0 Å². The third kappa shape index (κ3) is 8.38. The molecule has 2 aromatic heterocycles. The van der Waals surface area contributed by atoms with Crippen LogP contribution in [-0.4, -0.2) is 30.8 Å². The average Bonchev–Trinajstić information content (AvgIpc) is 3.13. The molecule has 0 saturated heterocycles. The molecule has 4 aromatic rings. The van der Waals surface area contributed by atoms with Crippen LogP contribution < -0.4 is 0 Å². The molecule has 0 atom stereocenters. The first kappa shape index (κ1) is 19.0. The Labute approximate surface area is 138 Å². The minimum atomic E-state index is -11.3. The van der Waals surface area contributed by atoms with E-state index in [9.17, 15) is 15.8 Å². The summed E-state index contributed by atoms with van der Waals surface area (Å²) in [5.41, 5.74) is 3.80. The monoisotopic (exact) mass is 442 g/mol. The van der Waals surface area contributed by atoms with E-state index < -0.39 is 21.0 Å². The topological polar surface area (TPSA) is 83.1 Å². The van der Waals surface area contributed by atoms with Crippen LogP contribution in [0.2, 0.25) is 0 Å². The van der Waals surface area contributed by atoms with Crippen LogP contribution in [0.3, 0.4) is 0 Å². The molecule has 0 spiro atoms. The summed E-state index contributed by atoms with van der Waals surface area (Å²) in [5, 5.41) is 20.4. The molecular weight excluding hydrogens is 433 g/mol. The van der Waals surface area contributed by atoms with E-state index in [-0.39, 0.29) is 0 Å². The maximum atomic E-state index is 9.93. The van der Waals surface area contributed by atoms with Crippen molar-refractivity contribution in [3.05, 3.63) is 48.5 Å². The summed E-state index contributed by atoms with van der Waals surface area (Å²) in [6, 6.07) is 15.5. The Balaban J connectivity index is 0.000000137. The Morgan fingerprint density at radius 1 is 0.600 bits per heavy atom. The Hall–Kier alpha value is -2.30. The predicted octanol–water partition coefficient (Wildman–Crippen LogP) is 4.43. The van der Waals surface area contributed by atoms with E-state index in [1.165, 1.54) is 0 Å². The van der Waals surface area contributed by atoms with E-state index in [1.54, 1.807) is 0 Å².